The zero-order valence-corrected chi connectivity index (χ0v) is 9.64. The molecule has 0 unspecified atom stereocenters. The number of carbonyl (C=O) groups excluding carboxylic acids is 2. The van der Waals surface area contributed by atoms with Crippen LogP contribution in [0, 0.1) is 0 Å². The van der Waals surface area contributed by atoms with Crippen LogP contribution in [0.3, 0.4) is 0 Å². The van der Waals surface area contributed by atoms with E-state index in [4.69, 9.17) is 0 Å². The van der Waals surface area contributed by atoms with Gasteiger partial charge < -0.3 is 0 Å². The summed E-state index contributed by atoms with van der Waals surface area (Å²) in [6.07, 6.45) is 1.49. The summed E-state index contributed by atoms with van der Waals surface area (Å²) < 4.78 is 1.41. The maximum Gasteiger partial charge on any atom is 0.232 e. The zero-order valence-electron chi connectivity index (χ0n) is 8.82. The Labute approximate surface area is 104 Å². The van der Waals surface area contributed by atoms with E-state index >= 15 is 0 Å². The molecule has 0 atom stereocenters. The Balaban J connectivity index is 2.14. The standard InChI is InChI=1S/C11H4N4O2S/c16-9-5-2-1-3-12-6(5)10(17)7-8(9)15-11(14-7)18-4-13-15/h1-4H. The molecule has 0 fully saturated rings. The molecule has 3 heterocycles. The van der Waals surface area contributed by atoms with E-state index in [0.29, 0.717) is 10.5 Å². The van der Waals surface area contributed by atoms with Crippen LogP contribution in [0.5, 0.6) is 0 Å². The van der Waals surface area contributed by atoms with Gasteiger partial charge in [0.15, 0.2) is 0 Å². The molecule has 4 rings (SSSR count). The van der Waals surface area contributed by atoms with Crippen molar-refractivity contribution in [3.8, 4) is 0 Å². The maximum atomic E-state index is 12.3. The Hall–Kier alpha value is -2.41. The highest BCUT2D eigenvalue weighted by Crippen LogP contribution is 2.26. The average Bonchev–Trinajstić information content (AvgIpc) is 2.96. The minimum absolute atomic E-state index is 0.144. The van der Waals surface area contributed by atoms with Crippen LogP contribution < -0.4 is 0 Å². The number of carbonyl (C=O) groups is 2. The Morgan fingerprint density at radius 3 is 2.94 bits per heavy atom. The lowest BCUT2D eigenvalue weighted by Gasteiger charge is -2.11. The number of ketones is 2. The Kier molecular flexibility index (Phi) is 1.64. The normalized spacial score (nSPS) is 13.8. The van der Waals surface area contributed by atoms with Gasteiger partial charge in [0.1, 0.15) is 22.6 Å². The van der Waals surface area contributed by atoms with Gasteiger partial charge in [-0.3, -0.25) is 14.6 Å². The molecule has 7 heteroatoms. The second-order valence-electron chi connectivity index (χ2n) is 3.80. The number of fused-ring (bicyclic) bond motifs is 4. The van der Waals surface area contributed by atoms with Crippen LogP contribution >= 0.6 is 11.3 Å². The molecule has 0 saturated heterocycles. The van der Waals surface area contributed by atoms with Crippen LogP contribution in [0.15, 0.2) is 23.8 Å². The molecular weight excluding hydrogens is 252 g/mol. The summed E-state index contributed by atoms with van der Waals surface area (Å²) in [4.78, 5) is 33.2. The molecule has 0 spiro atoms. The third-order valence-electron chi connectivity index (χ3n) is 2.84. The molecule has 0 aromatic carbocycles. The van der Waals surface area contributed by atoms with Crippen molar-refractivity contribution in [1.82, 2.24) is 19.6 Å². The van der Waals surface area contributed by atoms with Gasteiger partial charge in [-0.15, -0.1) is 0 Å². The fourth-order valence-corrected chi connectivity index (χ4v) is 2.68. The molecule has 18 heavy (non-hydrogen) atoms. The van der Waals surface area contributed by atoms with E-state index in [9.17, 15) is 9.59 Å². The van der Waals surface area contributed by atoms with Gasteiger partial charge in [-0.1, -0.05) is 11.3 Å². The Morgan fingerprint density at radius 2 is 2.06 bits per heavy atom. The molecule has 1 aliphatic rings. The van der Waals surface area contributed by atoms with E-state index in [-0.39, 0.29) is 28.6 Å². The van der Waals surface area contributed by atoms with Gasteiger partial charge in [-0.25, -0.2) is 4.98 Å². The fraction of sp³-hybridized carbons (Fsp3) is 0. The molecule has 86 valence electrons. The smallest absolute Gasteiger partial charge is 0.232 e. The first-order valence-corrected chi connectivity index (χ1v) is 6.02. The third kappa shape index (κ3) is 0.992. The molecule has 6 nitrogen and oxygen atoms in total. The summed E-state index contributed by atoms with van der Waals surface area (Å²) in [6, 6.07) is 3.23. The van der Waals surface area contributed by atoms with Crippen LogP contribution in [0.25, 0.3) is 4.96 Å². The minimum Gasteiger partial charge on any atom is -0.287 e. The predicted molar refractivity (Wildman–Crippen MR) is 62.0 cm³/mol. The summed E-state index contributed by atoms with van der Waals surface area (Å²) in [5, 5.41) is 4.03. The van der Waals surface area contributed by atoms with Crippen molar-refractivity contribution in [3.63, 3.8) is 0 Å². The molecule has 3 aromatic rings. The molecule has 0 aliphatic heterocycles. The number of nitrogens with zero attached hydrogens (tertiary/aromatic N) is 4. The topological polar surface area (TPSA) is 77.2 Å². The van der Waals surface area contributed by atoms with Crippen LogP contribution in [-0.4, -0.2) is 31.1 Å². The average molecular weight is 256 g/mol. The molecule has 0 radical (unpaired) electrons. The highest BCUT2D eigenvalue weighted by Gasteiger charge is 2.35. The lowest BCUT2D eigenvalue weighted by Crippen LogP contribution is -2.23. The van der Waals surface area contributed by atoms with Crippen molar-refractivity contribution < 1.29 is 9.59 Å². The van der Waals surface area contributed by atoms with Gasteiger partial charge >= 0.3 is 0 Å². The number of imidazole rings is 1. The number of hydrogen-bond acceptors (Lipinski definition) is 6. The number of rotatable bonds is 0. The van der Waals surface area contributed by atoms with Gasteiger partial charge in [0, 0.05) is 6.20 Å². The Morgan fingerprint density at radius 1 is 1.17 bits per heavy atom. The molecule has 0 saturated carbocycles. The van der Waals surface area contributed by atoms with Gasteiger partial charge in [0.25, 0.3) is 0 Å². The fourth-order valence-electron chi connectivity index (χ4n) is 2.06. The van der Waals surface area contributed by atoms with Crippen LogP contribution in [0.4, 0.5) is 0 Å². The van der Waals surface area contributed by atoms with E-state index in [0.717, 1.165) is 0 Å². The Bertz CT molecular complexity index is 833. The second-order valence-corrected chi connectivity index (χ2v) is 4.61. The molecular formula is C11H4N4O2S. The number of hydrogen-bond donors (Lipinski definition) is 0. The van der Waals surface area contributed by atoms with Crippen molar-refractivity contribution in [3.05, 3.63) is 46.5 Å². The maximum absolute atomic E-state index is 12.3. The van der Waals surface area contributed by atoms with Crippen molar-refractivity contribution >= 4 is 27.9 Å². The summed E-state index contributed by atoms with van der Waals surface area (Å²) in [5.74, 6) is -0.580. The van der Waals surface area contributed by atoms with Crippen molar-refractivity contribution in [2.75, 3.05) is 0 Å². The van der Waals surface area contributed by atoms with E-state index < -0.39 is 0 Å². The summed E-state index contributed by atoms with van der Waals surface area (Å²) in [5.41, 5.74) is 2.44. The lowest BCUT2D eigenvalue weighted by atomic mass is 9.94. The number of aromatic nitrogens is 4. The molecule has 1 aliphatic carbocycles. The highest BCUT2D eigenvalue weighted by molar-refractivity contribution is 7.14. The third-order valence-corrected chi connectivity index (χ3v) is 3.52. The number of pyridine rings is 1. The first-order valence-electron chi connectivity index (χ1n) is 5.14. The molecule has 3 aromatic heterocycles. The van der Waals surface area contributed by atoms with Crippen LogP contribution in [0.2, 0.25) is 0 Å². The van der Waals surface area contributed by atoms with Crippen molar-refractivity contribution in [2.24, 2.45) is 0 Å². The minimum atomic E-state index is -0.321. The van der Waals surface area contributed by atoms with E-state index in [1.54, 1.807) is 17.6 Å². The summed E-state index contributed by atoms with van der Waals surface area (Å²) in [7, 11) is 0. The van der Waals surface area contributed by atoms with Gasteiger partial charge in [-0.2, -0.15) is 9.61 Å². The summed E-state index contributed by atoms with van der Waals surface area (Å²) >= 11 is 1.28. The molecule has 0 bridgehead atoms. The zero-order chi connectivity index (χ0) is 12.3. The SMILES string of the molecule is O=C1c2ncccc2C(=O)c2c1nc1scnn21. The predicted octanol–water partition coefficient (Wildman–Crippen LogP) is 0.961. The summed E-state index contributed by atoms with van der Waals surface area (Å²) in [6.45, 7) is 0. The van der Waals surface area contributed by atoms with Crippen molar-refractivity contribution in [2.45, 2.75) is 0 Å². The first-order chi connectivity index (χ1) is 8.77. The monoisotopic (exact) mass is 256 g/mol. The highest BCUT2D eigenvalue weighted by atomic mass is 32.1. The van der Waals surface area contributed by atoms with Gasteiger partial charge in [-0.05, 0) is 12.1 Å². The van der Waals surface area contributed by atoms with E-state index in [1.807, 2.05) is 0 Å². The van der Waals surface area contributed by atoms with Crippen molar-refractivity contribution in [1.29, 1.82) is 0 Å². The molecule has 0 N–H and O–H groups in total. The molecule has 0 amide bonds. The first kappa shape index (κ1) is 9.60. The van der Waals surface area contributed by atoms with Gasteiger partial charge in [0.05, 0.1) is 5.56 Å². The van der Waals surface area contributed by atoms with E-state index in [1.165, 1.54) is 22.0 Å². The van der Waals surface area contributed by atoms with Crippen LogP contribution in [-0.2, 0) is 0 Å². The quantitative estimate of drug-likeness (QED) is 0.468. The van der Waals surface area contributed by atoms with Crippen LogP contribution in [0.1, 0.15) is 32.2 Å². The largest absolute Gasteiger partial charge is 0.287 e. The second kappa shape index (κ2) is 3.08. The van der Waals surface area contributed by atoms with E-state index in [2.05, 4.69) is 15.1 Å². The lowest BCUT2D eigenvalue weighted by molar-refractivity contribution is 0.0968. The van der Waals surface area contributed by atoms with Gasteiger partial charge in [0.2, 0.25) is 16.5 Å².